The van der Waals surface area contributed by atoms with Gasteiger partial charge in [-0.05, 0) is 124 Å². The number of ketones is 2. The molecule has 76 heavy (non-hydrogen) atoms. The highest BCUT2D eigenvalue weighted by molar-refractivity contribution is 7.46. The van der Waals surface area contributed by atoms with Crippen LogP contribution in [0.3, 0.4) is 0 Å². The van der Waals surface area contributed by atoms with Crippen LogP contribution < -0.4 is 9.84 Å². The lowest BCUT2D eigenvalue weighted by molar-refractivity contribution is -0.926. The van der Waals surface area contributed by atoms with Gasteiger partial charge in [0.1, 0.15) is 12.3 Å². The van der Waals surface area contributed by atoms with E-state index in [0.29, 0.717) is 67.7 Å². The number of fused-ring (bicyclic) bond motifs is 7. The van der Waals surface area contributed by atoms with E-state index >= 15 is 4.79 Å². The summed E-state index contributed by atoms with van der Waals surface area (Å²) in [4.78, 5) is 62.7. The van der Waals surface area contributed by atoms with E-state index in [-0.39, 0.29) is 41.0 Å². The molecule has 10 atom stereocenters. The Morgan fingerprint density at radius 2 is 1.70 bits per heavy atom. The molecule has 1 unspecified atom stereocenters. The van der Waals surface area contributed by atoms with Crippen molar-refractivity contribution in [2.75, 3.05) is 66.1 Å². The van der Waals surface area contributed by atoms with Gasteiger partial charge in [-0.3, -0.25) is 24.3 Å². The van der Waals surface area contributed by atoms with Gasteiger partial charge in [-0.15, -0.1) is 0 Å². The zero-order valence-corrected chi connectivity index (χ0v) is 46.1. The second-order valence-electron chi connectivity index (χ2n) is 24.0. The molecule has 2 aromatic carbocycles. The van der Waals surface area contributed by atoms with Crippen LogP contribution in [0.2, 0.25) is 0 Å². The van der Waals surface area contributed by atoms with Crippen molar-refractivity contribution in [1.82, 2.24) is 10.2 Å². The molecule has 0 spiro atoms. The number of quaternary nitrogens is 1. The SMILES string of the molecule is C[C@]12C=CC(=O)C=C1CC[C@@H]1[C@@H]2[C@@H](O)C[C@@]2(C)[C@H]1C[C@H]1O[C@@H](C3CCCCC3)O[C@]12C(=O)COC(=O)N1CC[N+](C)(Cc2cc(C(O)CNCCCCCCOCCCCc3ccccc3)ccc2OP(=O)(O)O)CC1. The van der Waals surface area contributed by atoms with Crippen molar-refractivity contribution in [3.05, 3.63) is 89.0 Å². The number of likely N-dealkylation sites (N-methyl/N-ethyl adjacent to an activating group) is 1. The molecule has 5 N–H and O–H groups in total. The number of rotatable bonds is 23. The normalized spacial score (nSPS) is 31.4. The van der Waals surface area contributed by atoms with Crippen LogP contribution in [-0.4, -0.2) is 137 Å². The number of Topliss-reactive ketones (excluding diaryl/α,β-unsaturated/α-hetero) is 1. The van der Waals surface area contributed by atoms with E-state index < -0.39 is 61.6 Å². The van der Waals surface area contributed by atoms with Crippen LogP contribution >= 0.6 is 7.82 Å². The minimum Gasteiger partial charge on any atom is -0.441 e. The molecule has 0 bridgehead atoms. The number of piperazine rings is 1. The molecule has 5 aliphatic carbocycles. The van der Waals surface area contributed by atoms with Crippen molar-refractivity contribution < 1.29 is 66.9 Å². The number of aryl methyl sites for hydroxylation is 1. The minimum absolute atomic E-state index is 0.00405. The fourth-order valence-corrected chi connectivity index (χ4v) is 15.3. The lowest BCUT2D eigenvalue weighted by Gasteiger charge is -2.59. The number of phosphoric ester groups is 1. The summed E-state index contributed by atoms with van der Waals surface area (Å²) in [7, 11) is -2.91. The molecule has 2 saturated heterocycles. The number of hydrogen-bond acceptors (Lipinski definition) is 12. The average molecular weight is 1080 g/mol. The Hall–Kier alpha value is -3.80. The van der Waals surface area contributed by atoms with E-state index in [1.54, 1.807) is 29.2 Å². The van der Waals surface area contributed by atoms with E-state index in [9.17, 15) is 34.2 Å². The van der Waals surface area contributed by atoms with Gasteiger partial charge in [0.2, 0.25) is 5.78 Å². The highest BCUT2D eigenvalue weighted by Crippen LogP contribution is 2.70. The molecule has 2 heterocycles. The van der Waals surface area contributed by atoms with Crippen LogP contribution in [0.4, 0.5) is 4.79 Å². The summed E-state index contributed by atoms with van der Waals surface area (Å²) in [5.41, 5.74) is 0.850. The average Bonchev–Trinajstić information content (AvgIpc) is 3.90. The number of hydrogen-bond donors (Lipinski definition) is 5. The molecular formula is C59H85N3O13P+. The molecule has 6 fully saturated rings. The maximum atomic E-state index is 15.1. The third-order valence-corrected chi connectivity index (χ3v) is 19.4. The Labute approximate surface area is 449 Å². The number of aliphatic hydroxyl groups excluding tert-OH is 2. The van der Waals surface area contributed by atoms with E-state index in [0.717, 1.165) is 115 Å². The lowest BCUT2D eigenvalue weighted by Crippen LogP contribution is -2.64. The zero-order chi connectivity index (χ0) is 53.7. The van der Waals surface area contributed by atoms with Crippen molar-refractivity contribution in [2.45, 2.75) is 153 Å². The van der Waals surface area contributed by atoms with E-state index in [1.807, 2.05) is 19.2 Å². The summed E-state index contributed by atoms with van der Waals surface area (Å²) < 4.78 is 43.3. The Morgan fingerprint density at radius 1 is 0.961 bits per heavy atom. The molecular weight excluding hydrogens is 990 g/mol. The smallest absolute Gasteiger partial charge is 0.441 e. The molecule has 16 nitrogen and oxygen atoms in total. The Morgan fingerprint density at radius 3 is 2.45 bits per heavy atom. The number of amides is 1. The van der Waals surface area contributed by atoms with Gasteiger partial charge < -0.3 is 43.5 Å². The van der Waals surface area contributed by atoms with Crippen molar-refractivity contribution in [3.8, 4) is 5.75 Å². The van der Waals surface area contributed by atoms with Crippen LogP contribution in [0.15, 0.2) is 72.3 Å². The molecule has 2 aliphatic heterocycles. The van der Waals surface area contributed by atoms with Crippen molar-refractivity contribution in [1.29, 1.82) is 0 Å². The summed E-state index contributed by atoms with van der Waals surface area (Å²) >= 11 is 0. The summed E-state index contributed by atoms with van der Waals surface area (Å²) in [5, 5.41) is 26.8. The highest BCUT2D eigenvalue weighted by atomic mass is 31.2. The molecule has 4 saturated carbocycles. The van der Waals surface area contributed by atoms with Crippen LogP contribution in [0.1, 0.15) is 133 Å². The van der Waals surface area contributed by atoms with Gasteiger partial charge in [0.15, 0.2) is 24.3 Å². The maximum Gasteiger partial charge on any atom is 0.524 e. The highest BCUT2D eigenvalue weighted by Gasteiger charge is 2.76. The molecule has 9 rings (SSSR count). The Bertz CT molecular complexity index is 2450. The summed E-state index contributed by atoms with van der Waals surface area (Å²) in [6, 6.07) is 15.4. The third kappa shape index (κ3) is 12.5. The van der Waals surface area contributed by atoms with Crippen molar-refractivity contribution >= 4 is 25.5 Å². The standard InChI is InChI=1S/C59H84N3O13P/c1-57-26-25-46(63)35-45(57)22-23-47-48-36-53-59(58(48,2)37-49(64)54(47)57,74-55(73-53)42-19-10-7-11-20-42)52(66)40-72-56(67)61-28-30-62(3,31-29-61)39-44-34-43(21-24-51(44)75-76(68,69)70)50(65)38-60-27-13-4-5-14-32-71-33-15-12-18-41-16-8-6-9-17-41/h6,8-9,16-17,21,24-26,34-35,42,47-50,53-55,60,64-65H,4-5,7,10-15,18-20,22-23,27-33,36-40H2,1-3H3,(H-,68,69,70)/p+1/t47-,48-,49-,50?,53+,54+,55+,57-,58-,59+/m0/s1. The number of carbonyl (C=O) groups excluding carboxylic acids is 3. The number of benzene rings is 2. The first-order chi connectivity index (χ1) is 36.4. The third-order valence-electron chi connectivity index (χ3n) is 18.9. The first kappa shape index (κ1) is 56.9. The van der Waals surface area contributed by atoms with Crippen LogP contribution in [0.25, 0.3) is 0 Å². The topological polar surface area (TPSA) is 211 Å². The minimum atomic E-state index is -4.91. The monoisotopic (exact) mass is 1070 g/mol. The first-order valence-corrected chi connectivity index (χ1v) is 30.1. The number of nitrogens with one attached hydrogen (secondary N) is 1. The van der Waals surface area contributed by atoms with Gasteiger partial charge in [0.25, 0.3) is 0 Å². The quantitative estimate of drug-likeness (QED) is 0.0403. The number of phosphoric acid groups is 1. The predicted molar refractivity (Wildman–Crippen MR) is 286 cm³/mol. The van der Waals surface area contributed by atoms with E-state index in [1.165, 1.54) is 11.6 Å². The second-order valence-corrected chi connectivity index (χ2v) is 25.2. The molecule has 0 aromatic heterocycles. The van der Waals surface area contributed by atoms with Crippen molar-refractivity contribution in [2.24, 2.45) is 34.5 Å². The van der Waals surface area contributed by atoms with E-state index in [2.05, 4.69) is 43.4 Å². The molecule has 418 valence electrons. The van der Waals surface area contributed by atoms with Crippen LogP contribution in [0.5, 0.6) is 5.75 Å². The fourth-order valence-electron chi connectivity index (χ4n) is 14.8. The largest absolute Gasteiger partial charge is 0.524 e. The van der Waals surface area contributed by atoms with Gasteiger partial charge in [-0.2, -0.15) is 0 Å². The molecule has 1 amide bonds. The molecule has 7 aliphatic rings. The molecule has 17 heteroatoms. The summed E-state index contributed by atoms with van der Waals surface area (Å²) in [6.07, 6.45) is 17.0. The Balaban J connectivity index is 0.767. The molecule has 0 radical (unpaired) electrons. The van der Waals surface area contributed by atoms with Crippen LogP contribution in [0, 0.1) is 34.5 Å². The number of allylic oxidation sites excluding steroid dienone is 4. The Kier molecular flexibility index (Phi) is 18.2. The predicted octanol–water partition coefficient (Wildman–Crippen LogP) is 8.30. The van der Waals surface area contributed by atoms with Gasteiger partial charge in [0, 0.05) is 48.0 Å². The first-order valence-electron chi connectivity index (χ1n) is 28.5. The van der Waals surface area contributed by atoms with Crippen LogP contribution in [-0.2, 0) is 46.1 Å². The van der Waals surface area contributed by atoms with Crippen molar-refractivity contribution in [3.63, 3.8) is 0 Å². The van der Waals surface area contributed by atoms with Gasteiger partial charge in [0.05, 0.1) is 51.5 Å². The lowest BCUT2D eigenvalue weighted by atomic mass is 9.46. The second kappa shape index (κ2) is 24.3. The van der Waals surface area contributed by atoms with Gasteiger partial charge >= 0.3 is 13.9 Å². The molecule has 2 aromatic rings. The zero-order valence-electron chi connectivity index (χ0n) is 45.2. The van der Waals surface area contributed by atoms with Gasteiger partial charge in [-0.1, -0.05) is 94.0 Å². The number of aliphatic hydroxyl groups is 2. The number of carbonyl (C=O) groups is 3. The van der Waals surface area contributed by atoms with Gasteiger partial charge in [-0.25, -0.2) is 9.36 Å². The summed E-state index contributed by atoms with van der Waals surface area (Å²) in [6.45, 7) is 8.16. The number of ether oxygens (including phenoxy) is 4. The number of unbranched alkanes of at least 4 members (excludes halogenated alkanes) is 4. The maximum absolute atomic E-state index is 15.1. The number of nitrogens with zero attached hydrogens (tertiary/aromatic N) is 2. The van der Waals surface area contributed by atoms with E-state index in [4.69, 9.17) is 23.5 Å². The summed E-state index contributed by atoms with van der Waals surface area (Å²) in [5.74, 6) is -0.257. The fraction of sp³-hybridized carbons (Fsp3) is 0.678.